The average molecular weight is 319 g/mol. The van der Waals surface area contributed by atoms with Crippen LogP contribution in [0.2, 0.25) is 4.47 Å². The average Bonchev–Trinajstić information content (AvgIpc) is 2.67. The van der Waals surface area contributed by atoms with Gasteiger partial charge in [-0.1, -0.05) is 11.6 Å². The Morgan fingerprint density at radius 2 is 2.05 bits per heavy atom. The molecule has 2 rings (SSSR count). The SMILES string of the molecule is Cc1sc(Cl)nc1C(=O)N1CCC(O)(CC(=O)O)CC1. The molecule has 20 heavy (non-hydrogen) atoms. The van der Waals surface area contributed by atoms with Crippen LogP contribution in [0.15, 0.2) is 0 Å². The normalized spacial score (nSPS) is 18.1. The van der Waals surface area contributed by atoms with Crippen molar-refractivity contribution in [3.63, 3.8) is 0 Å². The summed E-state index contributed by atoms with van der Waals surface area (Å²) in [7, 11) is 0. The molecule has 0 aromatic carbocycles. The second-order valence-corrected chi connectivity index (χ2v) is 6.74. The first kappa shape index (κ1) is 15.2. The number of thiazole rings is 1. The lowest BCUT2D eigenvalue weighted by Gasteiger charge is -2.37. The van der Waals surface area contributed by atoms with Crippen LogP contribution in [0.25, 0.3) is 0 Å². The zero-order valence-corrected chi connectivity index (χ0v) is 12.5. The van der Waals surface area contributed by atoms with Crippen LogP contribution in [-0.2, 0) is 4.79 Å². The minimum atomic E-state index is -1.22. The van der Waals surface area contributed by atoms with Crippen molar-refractivity contribution in [2.75, 3.05) is 13.1 Å². The monoisotopic (exact) mass is 318 g/mol. The summed E-state index contributed by atoms with van der Waals surface area (Å²) in [4.78, 5) is 29.3. The maximum Gasteiger partial charge on any atom is 0.306 e. The second-order valence-electron chi connectivity index (χ2n) is 4.96. The number of carbonyl (C=O) groups excluding carboxylic acids is 1. The standard InChI is InChI=1S/C12H15ClN2O4S/c1-7-9(14-11(13)20-7)10(18)15-4-2-12(19,3-5-15)6-8(16)17/h19H,2-6H2,1H3,(H,16,17). The van der Waals surface area contributed by atoms with Crippen LogP contribution in [0, 0.1) is 6.92 Å². The molecule has 0 unspecified atom stereocenters. The molecule has 1 fully saturated rings. The summed E-state index contributed by atoms with van der Waals surface area (Å²) < 4.78 is 0.324. The minimum Gasteiger partial charge on any atom is -0.481 e. The first-order valence-corrected chi connectivity index (χ1v) is 7.36. The van der Waals surface area contributed by atoms with Gasteiger partial charge in [0, 0.05) is 18.0 Å². The molecule has 0 radical (unpaired) electrons. The van der Waals surface area contributed by atoms with Crippen molar-refractivity contribution >= 4 is 34.8 Å². The number of aromatic nitrogens is 1. The zero-order chi connectivity index (χ0) is 14.9. The third kappa shape index (κ3) is 3.28. The lowest BCUT2D eigenvalue weighted by Crippen LogP contribution is -2.47. The van der Waals surface area contributed by atoms with E-state index in [4.69, 9.17) is 16.7 Å². The number of carboxylic acids is 1. The molecule has 110 valence electrons. The van der Waals surface area contributed by atoms with Gasteiger partial charge in [-0.05, 0) is 19.8 Å². The Balaban J connectivity index is 2.02. The predicted molar refractivity (Wildman–Crippen MR) is 74.2 cm³/mol. The lowest BCUT2D eigenvalue weighted by molar-refractivity contribution is -0.144. The molecular weight excluding hydrogens is 304 g/mol. The highest BCUT2D eigenvalue weighted by atomic mass is 35.5. The van der Waals surface area contributed by atoms with Crippen LogP contribution in [0.3, 0.4) is 0 Å². The molecule has 0 bridgehead atoms. The first-order chi connectivity index (χ1) is 9.31. The van der Waals surface area contributed by atoms with Gasteiger partial charge in [0.2, 0.25) is 0 Å². The maximum absolute atomic E-state index is 12.3. The molecule has 1 aromatic heterocycles. The number of nitrogens with zero attached hydrogens (tertiary/aromatic N) is 2. The molecule has 0 spiro atoms. The molecule has 0 atom stereocenters. The summed E-state index contributed by atoms with van der Waals surface area (Å²) in [5.41, 5.74) is -0.888. The molecule has 1 aliphatic heterocycles. The van der Waals surface area contributed by atoms with Crippen LogP contribution in [-0.4, -0.2) is 50.7 Å². The fourth-order valence-corrected chi connectivity index (χ4v) is 3.35. The van der Waals surface area contributed by atoms with E-state index in [1.165, 1.54) is 11.3 Å². The van der Waals surface area contributed by atoms with Crippen molar-refractivity contribution in [3.8, 4) is 0 Å². The number of aliphatic carboxylic acids is 1. The van der Waals surface area contributed by atoms with Gasteiger partial charge in [0.05, 0.1) is 12.0 Å². The highest BCUT2D eigenvalue weighted by Gasteiger charge is 2.36. The smallest absolute Gasteiger partial charge is 0.306 e. The fourth-order valence-electron chi connectivity index (χ4n) is 2.30. The minimum absolute atomic E-state index is 0.219. The largest absolute Gasteiger partial charge is 0.481 e. The summed E-state index contributed by atoms with van der Waals surface area (Å²) >= 11 is 7.03. The zero-order valence-electron chi connectivity index (χ0n) is 10.9. The molecule has 8 heteroatoms. The number of aryl methyl sites for hydroxylation is 1. The third-order valence-corrected chi connectivity index (χ3v) is 4.51. The lowest BCUT2D eigenvalue weighted by atomic mass is 9.88. The molecule has 6 nitrogen and oxygen atoms in total. The van der Waals surface area contributed by atoms with Crippen LogP contribution >= 0.6 is 22.9 Å². The number of halogens is 1. The van der Waals surface area contributed by atoms with Crippen molar-refractivity contribution in [2.45, 2.75) is 31.8 Å². The van der Waals surface area contributed by atoms with Gasteiger partial charge < -0.3 is 15.1 Å². The molecule has 1 aromatic rings. The highest BCUT2D eigenvalue weighted by Crippen LogP contribution is 2.28. The molecule has 2 N–H and O–H groups in total. The molecule has 1 aliphatic rings. The molecular formula is C12H15ClN2O4S. The van der Waals surface area contributed by atoms with Gasteiger partial charge in [-0.25, -0.2) is 4.98 Å². The highest BCUT2D eigenvalue weighted by molar-refractivity contribution is 7.15. The topological polar surface area (TPSA) is 90.7 Å². The number of hydrogen-bond donors (Lipinski definition) is 2. The summed E-state index contributed by atoms with van der Waals surface area (Å²) in [5, 5.41) is 18.9. The number of aliphatic hydroxyl groups is 1. The van der Waals surface area contributed by atoms with Gasteiger partial charge in [-0.2, -0.15) is 0 Å². The van der Waals surface area contributed by atoms with E-state index >= 15 is 0 Å². The number of carbonyl (C=O) groups is 2. The van der Waals surface area contributed by atoms with Crippen LogP contribution in [0.5, 0.6) is 0 Å². The molecule has 0 aliphatic carbocycles. The Labute approximate surface area is 125 Å². The number of piperidine rings is 1. The summed E-state index contributed by atoms with van der Waals surface area (Å²) in [6.07, 6.45) is 0.209. The van der Waals surface area contributed by atoms with E-state index in [2.05, 4.69) is 4.98 Å². The maximum atomic E-state index is 12.3. The van der Waals surface area contributed by atoms with E-state index in [0.717, 1.165) is 4.88 Å². The Morgan fingerprint density at radius 3 is 2.50 bits per heavy atom. The summed E-state index contributed by atoms with van der Waals surface area (Å²) in [6, 6.07) is 0. The second kappa shape index (κ2) is 5.67. The number of hydrogen-bond acceptors (Lipinski definition) is 5. The van der Waals surface area contributed by atoms with Gasteiger partial charge in [0.15, 0.2) is 4.47 Å². The van der Waals surface area contributed by atoms with Crippen LogP contribution < -0.4 is 0 Å². The van der Waals surface area contributed by atoms with Gasteiger partial charge in [-0.15, -0.1) is 11.3 Å². The van der Waals surface area contributed by atoms with Gasteiger partial charge in [0.1, 0.15) is 5.69 Å². The quantitative estimate of drug-likeness (QED) is 0.882. The molecule has 2 heterocycles. The van der Waals surface area contributed by atoms with E-state index in [-0.39, 0.29) is 25.2 Å². The van der Waals surface area contributed by atoms with Crippen molar-refractivity contribution in [1.82, 2.24) is 9.88 Å². The Morgan fingerprint density at radius 1 is 1.45 bits per heavy atom. The predicted octanol–water partition coefficient (Wildman–Crippen LogP) is 1.55. The number of likely N-dealkylation sites (tertiary alicyclic amines) is 1. The first-order valence-electron chi connectivity index (χ1n) is 6.17. The van der Waals surface area contributed by atoms with E-state index in [1.807, 2.05) is 0 Å². The summed E-state index contributed by atoms with van der Waals surface area (Å²) in [5.74, 6) is -1.25. The van der Waals surface area contributed by atoms with Crippen molar-refractivity contribution in [2.24, 2.45) is 0 Å². The van der Waals surface area contributed by atoms with Crippen LogP contribution in [0.4, 0.5) is 0 Å². The van der Waals surface area contributed by atoms with Crippen molar-refractivity contribution in [1.29, 1.82) is 0 Å². The van der Waals surface area contributed by atoms with Crippen molar-refractivity contribution in [3.05, 3.63) is 15.0 Å². The molecule has 1 amide bonds. The van der Waals surface area contributed by atoms with E-state index in [1.54, 1.807) is 11.8 Å². The summed E-state index contributed by atoms with van der Waals surface area (Å²) in [6.45, 7) is 2.41. The molecule has 1 saturated heterocycles. The van der Waals surface area contributed by atoms with Crippen molar-refractivity contribution < 1.29 is 19.8 Å². The van der Waals surface area contributed by atoms with E-state index in [9.17, 15) is 14.7 Å². The number of carboxylic acid groups (broad SMARTS) is 1. The Kier molecular flexibility index (Phi) is 4.31. The Bertz CT molecular complexity index is 538. The third-order valence-electron chi connectivity index (χ3n) is 3.43. The van der Waals surface area contributed by atoms with E-state index < -0.39 is 11.6 Å². The fraction of sp³-hybridized carbons (Fsp3) is 0.583. The number of amides is 1. The van der Waals surface area contributed by atoms with E-state index in [0.29, 0.717) is 23.3 Å². The molecule has 0 saturated carbocycles. The van der Waals surface area contributed by atoms with Gasteiger partial charge in [-0.3, -0.25) is 9.59 Å². The van der Waals surface area contributed by atoms with Crippen LogP contribution in [0.1, 0.15) is 34.6 Å². The number of rotatable bonds is 3. The van der Waals surface area contributed by atoms with Gasteiger partial charge in [0.25, 0.3) is 5.91 Å². The Hall–Kier alpha value is -1.18. The van der Waals surface area contributed by atoms with Gasteiger partial charge >= 0.3 is 5.97 Å².